The van der Waals surface area contributed by atoms with Crippen LogP contribution in [-0.4, -0.2) is 0 Å². The molecule has 0 saturated carbocycles. The third-order valence-electron chi connectivity index (χ3n) is 8.57. The maximum atomic E-state index is 9.38. The molecule has 0 aliphatic heterocycles. The Morgan fingerprint density at radius 1 is 0.304 bits per heavy atom. The Morgan fingerprint density at radius 2 is 0.848 bits per heavy atom. The zero-order valence-corrected chi connectivity index (χ0v) is 24.3. The molecule has 0 atom stereocenters. The van der Waals surface area contributed by atoms with Gasteiger partial charge < -0.3 is 0 Å². The van der Waals surface area contributed by atoms with Gasteiger partial charge in [0, 0.05) is 0 Å². The van der Waals surface area contributed by atoms with Gasteiger partial charge in [-0.25, -0.2) is 0 Å². The highest BCUT2D eigenvalue weighted by Gasteiger charge is 2.18. The Hall–Kier alpha value is -5.98. The highest BCUT2D eigenvalue weighted by molar-refractivity contribution is 6.24. The molecule has 0 aliphatic rings. The van der Waals surface area contributed by atoms with Gasteiger partial charge in [0.1, 0.15) is 0 Å². The van der Waals surface area contributed by atoms with E-state index in [1.807, 2.05) is 54.6 Å². The van der Waals surface area contributed by atoms with E-state index in [-0.39, 0.29) is 32.7 Å². The number of benzene rings is 9. The predicted molar refractivity (Wildman–Crippen MR) is 198 cm³/mol. The van der Waals surface area contributed by atoms with Crippen LogP contribution in [0.1, 0.15) is 17.8 Å². The van der Waals surface area contributed by atoms with Crippen LogP contribution >= 0.6 is 0 Å². The number of hydrogen-bond donors (Lipinski definition) is 0. The highest BCUT2D eigenvalue weighted by Crippen LogP contribution is 2.46. The Labute approximate surface area is 287 Å². The molecule has 9 aromatic rings. The molecule has 0 saturated heterocycles. The summed E-state index contributed by atoms with van der Waals surface area (Å²) in [5.74, 6) is 0. The smallest absolute Gasteiger partial charge is 0.0622 e. The molecule has 0 nitrogen and oxygen atoms in total. The SMILES string of the molecule is [2H]c1c([2H])c([2H])c(-c2c3c([2H])c([2H])c([2H])c([2H])c3c(-c3cccc4c(-c5cc(-c6ccccc6)c6ccccc6c5)cccc34)c3c([2H])c([2H])c([2H])c([2H])c23)c([2H])c1[2H]. The monoisotopic (exact) mass is 595 g/mol. The predicted octanol–water partition coefficient (Wildman–Crippen LogP) is 13.0. The lowest BCUT2D eigenvalue weighted by Crippen LogP contribution is -1.92. The van der Waals surface area contributed by atoms with Crippen molar-refractivity contribution in [3.8, 4) is 44.5 Å². The normalized spacial score (nSPS) is 15.4. The minimum absolute atomic E-state index is 0.0938. The van der Waals surface area contributed by atoms with E-state index in [0.717, 1.165) is 38.4 Å². The Kier molecular flexibility index (Phi) is 3.87. The largest absolute Gasteiger partial charge is 0.0629 e. The van der Waals surface area contributed by atoms with Gasteiger partial charge in [0.15, 0.2) is 0 Å². The van der Waals surface area contributed by atoms with Gasteiger partial charge in [0.25, 0.3) is 0 Å². The van der Waals surface area contributed by atoms with E-state index in [1.165, 1.54) is 0 Å². The first-order valence-electron chi connectivity index (χ1n) is 21.4. The van der Waals surface area contributed by atoms with Gasteiger partial charge in [-0.2, -0.15) is 0 Å². The third kappa shape index (κ3) is 4.23. The molecule has 0 bridgehead atoms. The quantitative estimate of drug-likeness (QED) is 0.178. The number of hydrogen-bond acceptors (Lipinski definition) is 0. The average molecular weight is 596 g/mol. The summed E-state index contributed by atoms with van der Waals surface area (Å²) in [6.07, 6.45) is 0. The van der Waals surface area contributed by atoms with Crippen molar-refractivity contribution in [1.29, 1.82) is 0 Å². The molecule has 0 aliphatic carbocycles. The summed E-state index contributed by atoms with van der Waals surface area (Å²) in [5.41, 5.74) is 3.56. The molecule has 0 heteroatoms. The van der Waals surface area contributed by atoms with Gasteiger partial charge in [-0.05, 0) is 99.7 Å². The van der Waals surface area contributed by atoms with Crippen LogP contribution in [0.5, 0.6) is 0 Å². The van der Waals surface area contributed by atoms with Crippen molar-refractivity contribution in [2.24, 2.45) is 0 Å². The number of rotatable bonds is 4. The molecule has 46 heavy (non-hydrogen) atoms. The molecule has 0 spiro atoms. The van der Waals surface area contributed by atoms with Crippen LogP contribution in [0.2, 0.25) is 0 Å². The van der Waals surface area contributed by atoms with Crippen LogP contribution in [-0.2, 0) is 0 Å². The third-order valence-corrected chi connectivity index (χ3v) is 8.57. The summed E-state index contributed by atoms with van der Waals surface area (Å²) < 4.78 is 116. The van der Waals surface area contributed by atoms with Crippen LogP contribution in [0.3, 0.4) is 0 Å². The molecule has 214 valence electrons. The lowest BCUT2D eigenvalue weighted by molar-refractivity contribution is 1.63. The fourth-order valence-corrected chi connectivity index (χ4v) is 6.62. The van der Waals surface area contributed by atoms with E-state index in [2.05, 4.69) is 36.4 Å². The Morgan fingerprint density at radius 3 is 1.54 bits per heavy atom. The van der Waals surface area contributed by atoms with Gasteiger partial charge in [-0.15, -0.1) is 0 Å². The first-order valence-corrected chi connectivity index (χ1v) is 14.9. The molecule has 9 aromatic carbocycles. The van der Waals surface area contributed by atoms with Gasteiger partial charge >= 0.3 is 0 Å². The second-order valence-corrected chi connectivity index (χ2v) is 11.1. The fraction of sp³-hybridized carbons (Fsp3) is 0. The maximum Gasteiger partial charge on any atom is 0.0629 e. The van der Waals surface area contributed by atoms with Crippen LogP contribution in [0.4, 0.5) is 0 Å². The molecule has 0 aromatic heterocycles. The zero-order chi connectivity index (χ0) is 41.8. The highest BCUT2D eigenvalue weighted by atomic mass is 14.2. The summed E-state index contributed by atoms with van der Waals surface area (Å²) >= 11 is 0. The number of fused-ring (bicyclic) bond motifs is 4. The van der Waals surface area contributed by atoms with Gasteiger partial charge in [0.2, 0.25) is 0 Å². The van der Waals surface area contributed by atoms with Crippen LogP contribution in [0, 0.1) is 0 Å². The molecule has 0 heterocycles. The van der Waals surface area contributed by atoms with Crippen molar-refractivity contribution in [2.45, 2.75) is 0 Å². The zero-order valence-electron chi connectivity index (χ0n) is 37.3. The van der Waals surface area contributed by atoms with Crippen molar-refractivity contribution in [1.82, 2.24) is 0 Å². The molecule has 0 fully saturated rings. The second-order valence-electron chi connectivity index (χ2n) is 11.1. The van der Waals surface area contributed by atoms with Gasteiger partial charge in [-0.1, -0.05) is 170 Å². The van der Waals surface area contributed by atoms with Crippen molar-refractivity contribution < 1.29 is 17.8 Å². The van der Waals surface area contributed by atoms with E-state index >= 15 is 0 Å². The van der Waals surface area contributed by atoms with Crippen molar-refractivity contribution in [2.75, 3.05) is 0 Å². The van der Waals surface area contributed by atoms with Crippen molar-refractivity contribution in [3.05, 3.63) is 182 Å². The average Bonchev–Trinajstić information content (AvgIpc) is 3.26. The molecule has 0 N–H and O–H groups in total. The standard InChI is InChI=1S/C46H30/c1-3-15-31(16-4-1)44-30-34(29-33-19-7-8-20-35(33)44)36-25-13-27-38-37(36)26-14-28-39(38)46-42-23-11-9-21-40(42)45(32-17-5-2-6-18-32)41-22-10-12-24-43(41)46/h1-30H/i2D,5D,6D,9D,10D,11D,12D,17D,18D,21D,22D,23D,24D. The lowest BCUT2D eigenvalue weighted by Gasteiger charge is -2.19. The molecule has 0 unspecified atom stereocenters. The minimum atomic E-state index is -0.709. The molecule has 9 rings (SSSR count). The summed E-state index contributed by atoms with van der Waals surface area (Å²) in [7, 11) is 0. The fourth-order valence-electron chi connectivity index (χ4n) is 6.62. The van der Waals surface area contributed by atoms with E-state index in [1.54, 1.807) is 12.1 Å². The maximum absolute atomic E-state index is 9.38. The van der Waals surface area contributed by atoms with Crippen molar-refractivity contribution >= 4 is 43.1 Å². The Bertz CT molecular complexity index is 3190. The summed E-state index contributed by atoms with van der Waals surface area (Å²) in [5, 5.41) is 2.76. The van der Waals surface area contributed by atoms with Crippen LogP contribution in [0.15, 0.2) is 182 Å². The van der Waals surface area contributed by atoms with Crippen molar-refractivity contribution in [3.63, 3.8) is 0 Å². The molecule has 0 radical (unpaired) electrons. The lowest BCUT2D eigenvalue weighted by atomic mass is 9.84. The van der Waals surface area contributed by atoms with Crippen LogP contribution in [0.25, 0.3) is 87.6 Å². The van der Waals surface area contributed by atoms with Crippen LogP contribution < -0.4 is 0 Å². The molecular formula is C46H30. The summed E-state index contributed by atoms with van der Waals surface area (Å²) in [4.78, 5) is 0. The van der Waals surface area contributed by atoms with E-state index in [4.69, 9.17) is 12.3 Å². The topological polar surface area (TPSA) is 0 Å². The Balaban J connectivity index is 1.48. The van der Waals surface area contributed by atoms with E-state index < -0.39 is 84.1 Å². The summed E-state index contributed by atoms with van der Waals surface area (Å²) in [6.45, 7) is 0. The summed E-state index contributed by atoms with van der Waals surface area (Å²) in [6, 6.07) is 25.3. The van der Waals surface area contributed by atoms with E-state index in [0.29, 0.717) is 10.9 Å². The van der Waals surface area contributed by atoms with E-state index in [9.17, 15) is 5.48 Å². The molecular weight excluding hydrogens is 553 g/mol. The first kappa shape index (κ1) is 16.4. The first-order chi connectivity index (χ1) is 28.2. The molecule has 0 amide bonds. The van der Waals surface area contributed by atoms with Gasteiger partial charge in [-0.3, -0.25) is 0 Å². The van der Waals surface area contributed by atoms with Gasteiger partial charge in [0.05, 0.1) is 17.8 Å². The minimum Gasteiger partial charge on any atom is -0.0622 e. The second kappa shape index (κ2) is 10.9.